The first-order chi connectivity index (χ1) is 9.90. The van der Waals surface area contributed by atoms with E-state index >= 15 is 0 Å². The molecule has 5 nitrogen and oxygen atoms in total. The van der Waals surface area contributed by atoms with Crippen LogP contribution in [0.2, 0.25) is 0 Å². The molecular weight excluding hydrogens is 288 g/mol. The number of nitrogens with two attached hydrogens (primary N) is 1. The third-order valence-corrected chi connectivity index (χ3v) is 4.95. The molecule has 0 bridgehead atoms. The van der Waals surface area contributed by atoms with Gasteiger partial charge in [-0.2, -0.15) is 0 Å². The van der Waals surface area contributed by atoms with Crippen molar-refractivity contribution in [1.29, 1.82) is 0 Å². The summed E-state index contributed by atoms with van der Waals surface area (Å²) in [5.41, 5.74) is 1.06. The Balaban J connectivity index is 1.98. The zero-order valence-corrected chi connectivity index (χ0v) is 13.4. The van der Waals surface area contributed by atoms with Gasteiger partial charge in [0.2, 0.25) is 10.0 Å². The van der Waals surface area contributed by atoms with Crippen LogP contribution in [-0.4, -0.2) is 27.2 Å². The fourth-order valence-electron chi connectivity index (χ4n) is 2.71. The zero-order valence-electron chi connectivity index (χ0n) is 12.6. The zero-order chi connectivity index (χ0) is 15.5. The Morgan fingerprint density at radius 1 is 1.38 bits per heavy atom. The van der Waals surface area contributed by atoms with Crippen LogP contribution in [0.4, 0.5) is 0 Å². The fourth-order valence-corrected chi connectivity index (χ4v) is 3.23. The molecule has 3 N–H and O–H groups in total. The van der Waals surface area contributed by atoms with E-state index in [0.717, 1.165) is 31.4 Å². The molecule has 0 radical (unpaired) electrons. The van der Waals surface area contributed by atoms with Crippen molar-refractivity contribution in [3.05, 3.63) is 29.8 Å². The summed E-state index contributed by atoms with van der Waals surface area (Å²) in [6.07, 6.45) is 3.41. The molecule has 0 spiro atoms. The van der Waals surface area contributed by atoms with Gasteiger partial charge in [-0.1, -0.05) is 19.1 Å². The molecule has 0 saturated carbocycles. The number of primary sulfonamides is 1. The monoisotopic (exact) mass is 312 g/mol. The van der Waals surface area contributed by atoms with Crippen molar-refractivity contribution in [3.8, 4) is 0 Å². The fraction of sp³-hybridized carbons (Fsp3) is 0.600. The molecule has 1 fully saturated rings. The Hall–Kier alpha value is -0.950. The summed E-state index contributed by atoms with van der Waals surface area (Å²) in [6.45, 7) is 5.03. The normalized spacial score (nSPS) is 24.7. The van der Waals surface area contributed by atoms with Crippen LogP contribution in [0.25, 0.3) is 0 Å². The molecule has 0 amide bonds. The van der Waals surface area contributed by atoms with Gasteiger partial charge in [-0.05, 0) is 43.9 Å². The van der Waals surface area contributed by atoms with Crippen LogP contribution in [0.5, 0.6) is 0 Å². The molecule has 1 aromatic rings. The Morgan fingerprint density at radius 2 is 2.05 bits per heavy atom. The summed E-state index contributed by atoms with van der Waals surface area (Å²) in [7, 11) is -3.62. The van der Waals surface area contributed by atoms with Gasteiger partial charge in [-0.15, -0.1) is 0 Å². The smallest absolute Gasteiger partial charge is 0.238 e. The number of nitrogens with one attached hydrogen (secondary N) is 1. The standard InChI is InChI=1S/C15H24N2O3S/c1-3-14-10-13(8-9-20-14)17-11(2)12-4-6-15(7-5-12)21(16,18)19/h4-7,11,13-14,17H,3,8-10H2,1-2H3,(H2,16,18,19). The van der Waals surface area contributed by atoms with Crippen LogP contribution in [0.1, 0.15) is 44.7 Å². The van der Waals surface area contributed by atoms with E-state index in [-0.39, 0.29) is 10.9 Å². The highest BCUT2D eigenvalue weighted by Crippen LogP contribution is 2.21. The highest BCUT2D eigenvalue weighted by atomic mass is 32.2. The summed E-state index contributed by atoms with van der Waals surface area (Å²) in [6, 6.07) is 7.35. The summed E-state index contributed by atoms with van der Waals surface area (Å²) in [5.74, 6) is 0. The first-order valence-electron chi connectivity index (χ1n) is 7.40. The van der Waals surface area contributed by atoms with Crippen molar-refractivity contribution < 1.29 is 13.2 Å². The lowest BCUT2D eigenvalue weighted by molar-refractivity contribution is -0.00165. The molecule has 0 aliphatic carbocycles. The summed E-state index contributed by atoms with van der Waals surface area (Å²) >= 11 is 0. The first-order valence-corrected chi connectivity index (χ1v) is 8.95. The molecule has 1 aliphatic heterocycles. The number of benzene rings is 1. The van der Waals surface area contributed by atoms with E-state index in [1.807, 2.05) is 12.1 Å². The van der Waals surface area contributed by atoms with Crippen LogP contribution in [0.15, 0.2) is 29.2 Å². The third-order valence-electron chi connectivity index (χ3n) is 4.02. The average Bonchev–Trinajstić information content (AvgIpc) is 2.46. The van der Waals surface area contributed by atoms with Gasteiger partial charge >= 0.3 is 0 Å². The van der Waals surface area contributed by atoms with E-state index < -0.39 is 10.0 Å². The molecule has 3 unspecified atom stereocenters. The minimum atomic E-state index is -3.62. The Kier molecular flexibility index (Phi) is 5.37. The van der Waals surface area contributed by atoms with Crippen LogP contribution in [-0.2, 0) is 14.8 Å². The van der Waals surface area contributed by atoms with Crippen LogP contribution >= 0.6 is 0 Å². The lowest BCUT2D eigenvalue weighted by atomic mass is 9.99. The van der Waals surface area contributed by atoms with Crippen molar-refractivity contribution in [3.63, 3.8) is 0 Å². The van der Waals surface area contributed by atoms with Crippen molar-refractivity contribution in [2.45, 2.75) is 56.2 Å². The molecule has 1 aromatic carbocycles. The van der Waals surface area contributed by atoms with Gasteiger partial charge in [-0.3, -0.25) is 0 Å². The van der Waals surface area contributed by atoms with E-state index in [1.165, 1.54) is 0 Å². The Morgan fingerprint density at radius 3 is 2.62 bits per heavy atom. The second-order valence-corrected chi connectivity index (χ2v) is 7.19. The van der Waals surface area contributed by atoms with Gasteiger partial charge in [0.25, 0.3) is 0 Å². The average molecular weight is 312 g/mol. The van der Waals surface area contributed by atoms with Crippen LogP contribution in [0.3, 0.4) is 0 Å². The van der Waals surface area contributed by atoms with E-state index in [4.69, 9.17) is 9.88 Å². The lowest BCUT2D eigenvalue weighted by Crippen LogP contribution is -2.39. The molecule has 0 aromatic heterocycles. The number of ether oxygens (including phenoxy) is 1. The largest absolute Gasteiger partial charge is 0.378 e. The molecular formula is C15H24N2O3S. The van der Waals surface area contributed by atoms with E-state index in [2.05, 4.69) is 19.2 Å². The van der Waals surface area contributed by atoms with Crippen molar-refractivity contribution >= 4 is 10.0 Å². The van der Waals surface area contributed by atoms with Gasteiger partial charge in [-0.25, -0.2) is 13.6 Å². The topological polar surface area (TPSA) is 81.4 Å². The molecule has 2 rings (SSSR count). The lowest BCUT2D eigenvalue weighted by Gasteiger charge is -2.32. The van der Waals surface area contributed by atoms with Gasteiger partial charge < -0.3 is 10.1 Å². The Bertz CT molecular complexity index is 557. The molecule has 1 aliphatic rings. The van der Waals surface area contributed by atoms with Crippen molar-refractivity contribution in [1.82, 2.24) is 5.32 Å². The minimum Gasteiger partial charge on any atom is -0.378 e. The SMILES string of the molecule is CCC1CC(NC(C)c2ccc(S(N)(=O)=O)cc2)CCO1. The predicted molar refractivity (Wildman–Crippen MR) is 82.4 cm³/mol. The van der Waals surface area contributed by atoms with E-state index in [1.54, 1.807) is 12.1 Å². The molecule has 1 saturated heterocycles. The molecule has 118 valence electrons. The highest BCUT2D eigenvalue weighted by Gasteiger charge is 2.22. The van der Waals surface area contributed by atoms with Crippen molar-refractivity contribution in [2.75, 3.05) is 6.61 Å². The van der Waals surface area contributed by atoms with Crippen LogP contribution in [0, 0.1) is 0 Å². The van der Waals surface area contributed by atoms with Gasteiger partial charge in [0.1, 0.15) is 0 Å². The summed E-state index contributed by atoms with van der Waals surface area (Å²) in [4.78, 5) is 0.149. The van der Waals surface area contributed by atoms with Gasteiger partial charge in [0.15, 0.2) is 0 Å². The highest BCUT2D eigenvalue weighted by molar-refractivity contribution is 7.89. The Labute approximate surface area is 126 Å². The van der Waals surface area contributed by atoms with E-state index in [0.29, 0.717) is 12.1 Å². The molecule has 3 atom stereocenters. The van der Waals surface area contributed by atoms with Crippen LogP contribution < -0.4 is 10.5 Å². The van der Waals surface area contributed by atoms with Crippen molar-refractivity contribution in [2.24, 2.45) is 5.14 Å². The third kappa shape index (κ3) is 4.51. The summed E-state index contributed by atoms with van der Waals surface area (Å²) in [5, 5.41) is 8.70. The predicted octanol–water partition coefficient (Wildman–Crippen LogP) is 1.94. The molecule has 1 heterocycles. The maximum Gasteiger partial charge on any atom is 0.238 e. The van der Waals surface area contributed by atoms with E-state index in [9.17, 15) is 8.42 Å². The number of hydrogen-bond donors (Lipinski definition) is 2. The number of sulfonamides is 1. The molecule has 6 heteroatoms. The second kappa shape index (κ2) is 6.87. The minimum absolute atomic E-state index is 0.149. The van der Waals surface area contributed by atoms with Gasteiger partial charge in [0.05, 0.1) is 11.0 Å². The number of rotatable bonds is 5. The maximum absolute atomic E-state index is 11.2. The summed E-state index contributed by atoms with van der Waals surface area (Å²) < 4.78 is 28.2. The number of hydrogen-bond acceptors (Lipinski definition) is 4. The van der Waals surface area contributed by atoms with Gasteiger partial charge in [0, 0.05) is 18.7 Å². The first kappa shape index (κ1) is 16.4. The molecule has 21 heavy (non-hydrogen) atoms. The quantitative estimate of drug-likeness (QED) is 0.870. The maximum atomic E-state index is 11.2. The second-order valence-electron chi connectivity index (χ2n) is 5.62.